The van der Waals surface area contributed by atoms with Crippen LogP contribution in [0.3, 0.4) is 0 Å². The number of allylic oxidation sites excluding steroid dienone is 1. The van der Waals surface area contributed by atoms with E-state index in [9.17, 15) is 20.3 Å². The predicted molar refractivity (Wildman–Crippen MR) is 113 cm³/mol. The van der Waals surface area contributed by atoms with Gasteiger partial charge in [0, 0.05) is 35.9 Å². The van der Waals surface area contributed by atoms with Gasteiger partial charge in [0.1, 0.15) is 11.7 Å². The maximum Gasteiger partial charge on any atom is 0.269 e. The Morgan fingerprint density at radius 3 is 2.74 bits per heavy atom. The molecule has 2 fully saturated rings. The SMILES string of the molecule is CN1CC[C@]23C4=C5C=CC(O)C4(Cc4ccc([N+](=O)[O-])cc4)O[C@H]2[C@@H](O)C=C[C@H]3[C@H]1C5. The molecule has 1 spiro atoms. The first-order valence-electron chi connectivity index (χ1n) is 10.9. The van der Waals surface area contributed by atoms with Crippen LogP contribution in [0.15, 0.2) is 59.7 Å². The largest absolute Gasteiger partial charge is 0.386 e. The molecule has 2 bridgehead atoms. The predicted octanol–water partition coefficient (Wildman–Crippen LogP) is 2.14. The number of nitrogens with zero attached hydrogens (tertiary/aromatic N) is 2. The number of piperidine rings is 1. The average molecular weight is 422 g/mol. The summed E-state index contributed by atoms with van der Waals surface area (Å²) in [5.74, 6) is 0.232. The number of non-ortho nitro benzene ring substituents is 1. The molecule has 3 aliphatic carbocycles. The van der Waals surface area contributed by atoms with Crippen LogP contribution in [0.2, 0.25) is 0 Å². The number of aliphatic hydroxyl groups is 2. The van der Waals surface area contributed by atoms with E-state index < -0.39 is 28.8 Å². The van der Waals surface area contributed by atoms with E-state index >= 15 is 0 Å². The summed E-state index contributed by atoms with van der Waals surface area (Å²) in [5, 5.41) is 33.3. The molecule has 7 atom stereocenters. The lowest BCUT2D eigenvalue weighted by molar-refractivity contribution is -0.384. The number of benzene rings is 1. The lowest BCUT2D eigenvalue weighted by Crippen LogP contribution is -2.62. The van der Waals surface area contributed by atoms with Gasteiger partial charge in [0.2, 0.25) is 0 Å². The van der Waals surface area contributed by atoms with Gasteiger partial charge in [-0.3, -0.25) is 10.1 Å². The van der Waals surface area contributed by atoms with Crippen LogP contribution < -0.4 is 0 Å². The fraction of sp³-hybridized carbons (Fsp3) is 0.500. The van der Waals surface area contributed by atoms with E-state index in [-0.39, 0.29) is 17.0 Å². The first-order chi connectivity index (χ1) is 14.9. The second-order valence-corrected chi connectivity index (χ2v) is 9.68. The van der Waals surface area contributed by atoms with Gasteiger partial charge in [-0.2, -0.15) is 0 Å². The standard InChI is InChI=1S/C24H26N2O5/c1-25-11-10-23-17-7-8-19(27)22(23)31-24(13-14-2-5-16(6-3-14)26(29)30)20(28)9-4-15(21(23)24)12-18(17)25/h2-9,17-20,22,27-28H,10-13H2,1H3/t17-,18+,19-,20?,22-,23-,24?/m0/s1. The Bertz CT molecular complexity index is 1050. The molecule has 7 nitrogen and oxygen atoms in total. The molecule has 31 heavy (non-hydrogen) atoms. The van der Waals surface area contributed by atoms with Crippen LogP contribution >= 0.6 is 0 Å². The normalized spacial score (nSPS) is 42.6. The van der Waals surface area contributed by atoms with E-state index in [4.69, 9.17) is 4.74 Å². The summed E-state index contributed by atoms with van der Waals surface area (Å²) in [6.45, 7) is 0.922. The molecule has 0 aromatic heterocycles. The van der Waals surface area contributed by atoms with E-state index in [1.165, 1.54) is 17.7 Å². The Kier molecular flexibility index (Phi) is 3.97. The number of hydrogen-bond donors (Lipinski definition) is 2. The zero-order valence-electron chi connectivity index (χ0n) is 17.3. The third-order valence-corrected chi connectivity index (χ3v) is 8.33. The minimum absolute atomic E-state index is 0.0420. The Morgan fingerprint density at radius 1 is 1.23 bits per heavy atom. The van der Waals surface area contributed by atoms with Crippen molar-refractivity contribution in [3.8, 4) is 0 Å². The summed E-state index contributed by atoms with van der Waals surface area (Å²) < 4.78 is 6.74. The molecular formula is C24H26N2O5. The lowest BCUT2D eigenvalue weighted by Gasteiger charge is -2.58. The second kappa shape index (κ2) is 6.36. The molecule has 0 radical (unpaired) electrons. The van der Waals surface area contributed by atoms with Crippen LogP contribution in [-0.4, -0.2) is 63.6 Å². The molecule has 2 saturated heterocycles. The van der Waals surface area contributed by atoms with Crippen molar-refractivity contribution in [2.24, 2.45) is 11.3 Å². The Balaban J connectivity index is 1.51. The molecule has 2 heterocycles. The number of rotatable bonds is 3. The highest BCUT2D eigenvalue weighted by atomic mass is 16.6. The quantitative estimate of drug-likeness (QED) is 0.440. The van der Waals surface area contributed by atoms with Crippen LogP contribution in [0.4, 0.5) is 5.69 Å². The maximum atomic E-state index is 11.3. The number of nitro groups is 1. The molecular weight excluding hydrogens is 396 g/mol. The van der Waals surface area contributed by atoms with Crippen molar-refractivity contribution in [2.45, 2.75) is 49.2 Å². The van der Waals surface area contributed by atoms with Crippen LogP contribution in [0.1, 0.15) is 18.4 Å². The van der Waals surface area contributed by atoms with Gasteiger partial charge < -0.3 is 19.8 Å². The fourth-order valence-electron chi connectivity index (χ4n) is 7.06. The zero-order valence-corrected chi connectivity index (χ0v) is 17.3. The van der Waals surface area contributed by atoms with Gasteiger partial charge in [-0.1, -0.05) is 36.4 Å². The lowest BCUT2D eigenvalue weighted by atomic mass is 9.50. The highest BCUT2D eigenvalue weighted by Crippen LogP contribution is 2.67. The molecule has 7 heteroatoms. The van der Waals surface area contributed by atoms with Crippen molar-refractivity contribution in [1.29, 1.82) is 0 Å². The second-order valence-electron chi connectivity index (χ2n) is 9.68. The van der Waals surface area contributed by atoms with Crippen molar-refractivity contribution < 1.29 is 19.9 Å². The molecule has 1 aromatic rings. The van der Waals surface area contributed by atoms with Crippen LogP contribution in [-0.2, 0) is 11.2 Å². The first-order valence-corrected chi connectivity index (χ1v) is 10.9. The van der Waals surface area contributed by atoms with E-state index in [0.29, 0.717) is 12.5 Å². The number of likely N-dealkylation sites (tertiary alicyclic amines) is 1. The van der Waals surface area contributed by atoms with Gasteiger partial charge in [0.25, 0.3) is 5.69 Å². The summed E-state index contributed by atoms with van der Waals surface area (Å²) in [5.41, 5.74) is 1.99. The molecule has 0 saturated carbocycles. The first kappa shape index (κ1) is 19.4. The Morgan fingerprint density at radius 2 is 2.00 bits per heavy atom. The minimum Gasteiger partial charge on any atom is -0.386 e. The molecule has 2 unspecified atom stereocenters. The highest BCUT2D eigenvalue weighted by Gasteiger charge is 2.71. The monoisotopic (exact) mass is 422 g/mol. The molecule has 5 aliphatic rings. The number of aliphatic hydroxyl groups excluding tert-OH is 2. The molecule has 2 N–H and O–H groups in total. The van der Waals surface area contributed by atoms with E-state index in [1.807, 2.05) is 12.2 Å². The van der Waals surface area contributed by atoms with Gasteiger partial charge in [0.15, 0.2) is 0 Å². The van der Waals surface area contributed by atoms with Crippen LogP contribution in [0, 0.1) is 21.4 Å². The highest BCUT2D eigenvalue weighted by molar-refractivity contribution is 5.54. The molecule has 1 aromatic carbocycles. The summed E-state index contributed by atoms with van der Waals surface area (Å²) in [6, 6.07) is 6.83. The van der Waals surface area contributed by atoms with Crippen molar-refractivity contribution in [3.05, 3.63) is 75.4 Å². The van der Waals surface area contributed by atoms with Crippen molar-refractivity contribution >= 4 is 5.69 Å². The number of ether oxygens (including phenoxy) is 1. The summed E-state index contributed by atoms with van der Waals surface area (Å²) in [4.78, 5) is 13.1. The Hall–Kier alpha value is -2.32. The van der Waals surface area contributed by atoms with Gasteiger partial charge in [-0.05, 0) is 43.1 Å². The van der Waals surface area contributed by atoms with Gasteiger partial charge >= 0.3 is 0 Å². The molecule has 2 aliphatic heterocycles. The summed E-state index contributed by atoms with van der Waals surface area (Å²) in [7, 11) is 2.16. The van der Waals surface area contributed by atoms with Gasteiger partial charge in [-0.25, -0.2) is 0 Å². The Labute approximate surface area is 180 Å². The number of nitro benzene ring substituents is 1. The van der Waals surface area contributed by atoms with Gasteiger partial charge in [-0.15, -0.1) is 0 Å². The third kappa shape index (κ3) is 2.37. The van der Waals surface area contributed by atoms with Crippen molar-refractivity contribution in [3.63, 3.8) is 0 Å². The minimum atomic E-state index is -0.961. The molecule has 162 valence electrons. The van der Waals surface area contributed by atoms with E-state index in [0.717, 1.165) is 30.5 Å². The summed E-state index contributed by atoms with van der Waals surface area (Å²) >= 11 is 0. The smallest absolute Gasteiger partial charge is 0.269 e. The van der Waals surface area contributed by atoms with Crippen LogP contribution in [0.25, 0.3) is 0 Å². The average Bonchev–Trinajstić information content (AvgIpc) is 3.06. The third-order valence-electron chi connectivity index (χ3n) is 8.33. The molecule has 0 amide bonds. The van der Waals surface area contributed by atoms with Crippen LogP contribution in [0.5, 0.6) is 0 Å². The zero-order chi connectivity index (χ0) is 21.5. The van der Waals surface area contributed by atoms with E-state index in [2.05, 4.69) is 24.1 Å². The topological polar surface area (TPSA) is 96.1 Å². The van der Waals surface area contributed by atoms with Gasteiger partial charge in [0.05, 0.1) is 17.1 Å². The number of hydrogen-bond acceptors (Lipinski definition) is 6. The van der Waals surface area contributed by atoms with Crippen molar-refractivity contribution in [2.75, 3.05) is 13.6 Å². The van der Waals surface area contributed by atoms with E-state index in [1.54, 1.807) is 12.1 Å². The molecule has 6 rings (SSSR count). The summed E-state index contributed by atoms with van der Waals surface area (Å²) in [6.07, 6.45) is 8.10. The fourth-order valence-corrected chi connectivity index (χ4v) is 7.06. The van der Waals surface area contributed by atoms with Crippen molar-refractivity contribution in [1.82, 2.24) is 4.90 Å². The maximum absolute atomic E-state index is 11.3.